The van der Waals surface area contributed by atoms with Crippen LogP contribution in [0, 0.1) is 0 Å². The number of para-hydroxylation sites is 1. The summed E-state index contributed by atoms with van der Waals surface area (Å²) in [6, 6.07) is 9.84. The second-order valence-electron chi connectivity index (χ2n) is 5.03. The van der Waals surface area contributed by atoms with Gasteiger partial charge in [0, 0.05) is 17.3 Å². The molecule has 2 rings (SSSR count). The third-order valence-electron chi connectivity index (χ3n) is 2.50. The van der Waals surface area contributed by atoms with E-state index in [0.29, 0.717) is 0 Å². The molecule has 1 aromatic heterocycles. The van der Waals surface area contributed by atoms with E-state index in [-0.39, 0.29) is 5.41 Å². The largest absolute Gasteiger partial charge is 0.341 e. The molecule has 0 saturated carbocycles. The second kappa shape index (κ2) is 4.53. The van der Waals surface area contributed by atoms with Gasteiger partial charge in [0.2, 0.25) is 0 Å². The Bertz CT molecular complexity index is 504. The van der Waals surface area contributed by atoms with Crippen molar-refractivity contribution in [2.24, 2.45) is 4.99 Å². The molecule has 0 aliphatic rings. The number of hydrogen-bond donors (Lipinski definition) is 1. The Morgan fingerprint density at radius 2 is 1.88 bits per heavy atom. The molecule has 0 fully saturated rings. The summed E-state index contributed by atoms with van der Waals surface area (Å²) in [5.74, 6) is 0.791. The van der Waals surface area contributed by atoms with Crippen molar-refractivity contribution >= 4 is 11.9 Å². The van der Waals surface area contributed by atoms with Gasteiger partial charge >= 0.3 is 0 Å². The third kappa shape index (κ3) is 3.03. The fourth-order valence-corrected chi connectivity index (χ4v) is 1.43. The van der Waals surface area contributed by atoms with Crippen LogP contribution in [-0.4, -0.2) is 16.2 Å². The van der Waals surface area contributed by atoms with Crippen molar-refractivity contribution in [2.45, 2.75) is 26.2 Å². The second-order valence-corrected chi connectivity index (χ2v) is 5.03. The van der Waals surface area contributed by atoms with Gasteiger partial charge in [-0.2, -0.15) is 0 Å². The topological polar surface area (TPSA) is 41.0 Å². The third-order valence-corrected chi connectivity index (χ3v) is 2.50. The highest BCUT2D eigenvalue weighted by Crippen LogP contribution is 2.19. The monoisotopic (exact) mass is 227 g/mol. The molecular weight excluding hydrogens is 210 g/mol. The van der Waals surface area contributed by atoms with E-state index in [0.717, 1.165) is 17.2 Å². The number of aliphatic imine (C=N–C) groups is 1. The van der Waals surface area contributed by atoms with Gasteiger partial charge in [-0.05, 0) is 12.1 Å². The zero-order chi connectivity index (χ0) is 12.3. The SMILES string of the molecule is CC(C)(C)c1cnc(C=Nc2ccccc2)[nH]1. The van der Waals surface area contributed by atoms with Gasteiger partial charge < -0.3 is 4.98 Å². The molecule has 1 aromatic carbocycles. The maximum Gasteiger partial charge on any atom is 0.148 e. The predicted octanol–water partition coefficient (Wildman–Crippen LogP) is 3.46. The van der Waals surface area contributed by atoms with E-state index in [1.165, 1.54) is 0 Å². The lowest BCUT2D eigenvalue weighted by molar-refractivity contribution is 0.572. The van der Waals surface area contributed by atoms with Gasteiger partial charge in [0.05, 0.1) is 11.9 Å². The summed E-state index contributed by atoms with van der Waals surface area (Å²) >= 11 is 0. The van der Waals surface area contributed by atoms with Crippen LogP contribution in [-0.2, 0) is 5.41 Å². The Labute approximate surface area is 102 Å². The fraction of sp³-hybridized carbons (Fsp3) is 0.286. The minimum absolute atomic E-state index is 0.0891. The van der Waals surface area contributed by atoms with Gasteiger partial charge in [0.1, 0.15) is 5.82 Å². The van der Waals surface area contributed by atoms with Crippen molar-refractivity contribution < 1.29 is 0 Å². The van der Waals surface area contributed by atoms with Gasteiger partial charge in [-0.25, -0.2) is 4.98 Å². The van der Waals surface area contributed by atoms with E-state index in [4.69, 9.17) is 0 Å². The summed E-state index contributed by atoms with van der Waals surface area (Å²) in [6.07, 6.45) is 3.62. The molecule has 1 heterocycles. The number of H-pyrrole nitrogens is 1. The van der Waals surface area contributed by atoms with Crippen molar-refractivity contribution in [3.05, 3.63) is 48.0 Å². The Hall–Kier alpha value is -1.90. The summed E-state index contributed by atoms with van der Waals surface area (Å²) in [5, 5.41) is 0. The molecule has 0 spiro atoms. The fourth-order valence-electron chi connectivity index (χ4n) is 1.43. The highest BCUT2D eigenvalue weighted by molar-refractivity contribution is 5.77. The van der Waals surface area contributed by atoms with Crippen molar-refractivity contribution in [1.82, 2.24) is 9.97 Å². The van der Waals surface area contributed by atoms with Crippen LogP contribution < -0.4 is 0 Å². The molecule has 0 atom stereocenters. The molecule has 0 saturated heterocycles. The number of imidazole rings is 1. The molecule has 3 nitrogen and oxygen atoms in total. The first-order chi connectivity index (χ1) is 8.05. The van der Waals surface area contributed by atoms with Gasteiger partial charge in [-0.15, -0.1) is 0 Å². The lowest BCUT2D eigenvalue weighted by Gasteiger charge is -2.14. The molecule has 2 aromatic rings. The lowest BCUT2D eigenvalue weighted by Crippen LogP contribution is -2.11. The van der Waals surface area contributed by atoms with Crippen LogP contribution in [0.3, 0.4) is 0 Å². The highest BCUT2D eigenvalue weighted by Gasteiger charge is 2.15. The van der Waals surface area contributed by atoms with Gasteiger partial charge in [-0.3, -0.25) is 4.99 Å². The van der Waals surface area contributed by atoms with Crippen molar-refractivity contribution in [2.75, 3.05) is 0 Å². The quantitative estimate of drug-likeness (QED) is 0.784. The summed E-state index contributed by atoms with van der Waals surface area (Å²) in [5.41, 5.74) is 2.14. The van der Waals surface area contributed by atoms with Gasteiger partial charge in [0.15, 0.2) is 0 Å². The van der Waals surface area contributed by atoms with Crippen molar-refractivity contribution in [3.8, 4) is 0 Å². The molecule has 1 N–H and O–H groups in total. The maximum absolute atomic E-state index is 4.35. The minimum Gasteiger partial charge on any atom is -0.341 e. The molecule has 0 bridgehead atoms. The first-order valence-electron chi connectivity index (χ1n) is 5.70. The molecule has 0 amide bonds. The minimum atomic E-state index is 0.0891. The van der Waals surface area contributed by atoms with Crippen LogP contribution in [0.15, 0.2) is 41.5 Å². The summed E-state index contributed by atoms with van der Waals surface area (Å²) in [7, 11) is 0. The first kappa shape index (κ1) is 11.6. The van der Waals surface area contributed by atoms with Crippen LogP contribution >= 0.6 is 0 Å². The van der Waals surface area contributed by atoms with Crippen molar-refractivity contribution in [1.29, 1.82) is 0 Å². The van der Waals surface area contributed by atoms with E-state index in [1.54, 1.807) is 6.21 Å². The van der Waals surface area contributed by atoms with E-state index in [2.05, 4.69) is 35.7 Å². The van der Waals surface area contributed by atoms with E-state index < -0.39 is 0 Å². The number of aromatic amines is 1. The summed E-state index contributed by atoms with van der Waals surface area (Å²) in [6.45, 7) is 6.45. The molecule has 0 radical (unpaired) electrons. The van der Waals surface area contributed by atoms with Crippen LogP contribution in [0.1, 0.15) is 32.3 Å². The van der Waals surface area contributed by atoms with E-state index >= 15 is 0 Å². The van der Waals surface area contributed by atoms with Crippen molar-refractivity contribution in [3.63, 3.8) is 0 Å². The Kier molecular flexibility index (Phi) is 3.09. The average Bonchev–Trinajstić information content (AvgIpc) is 2.76. The molecule has 0 unspecified atom stereocenters. The molecule has 0 aliphatic carbocycles. The molecular formula is C14H17N3. The zero-order valence-electron chi connectivity index (χ0n) is 10.4. The van der Waals surface area contributed by atoms with Crippen LogP contribution in [0.5, 0.6) is 0 Å². The van der Waals surface area contributed by atoms with Crippen LogP contribution in [0.2, 0.25) is 0 Å². The standard InChI is InChI=1S/C14H17N3/c1-14(2,3)12-9-16-13(17-12)10-15-11-7-5-4-6-8-11/h4-10H,1-3H3,(H,16,17). The Morgan fingerprint density at radius 1 is 1.18 bits per heavy atom. The number of nitrogens with zero attached hydrogens (tertiary/aromatic N) is 2. The number of hydrogen-bond acceptors (Lipinski definition) is 2. The Morgan fingerprint density at radius 3 is 2.47 bits per heavy atom. The predicted molar refractivity (Wildman–Crippen MR) is 71.0 cm³/mol. The molecule has 88 valence electrons. The van der Waals surface area contributed by atoms with Gasteiger partial charge in [-0.1, -0.05) is 39.0 Å². The average molecular weight is 227 g/mol. The van der Waals surface area contributed by atoms with E-state index in [9.17, 15) is 0 Å². The molecule has 3 heteroatoms. The zero-order valence-corrected chi connectivity index (χ0v) is 10.4. The smallest absolute Gasteiger partial charge is 0.148 e. The number of benzene rings is 1. The van der Waals surface area contributed by atoms with Crippen LogP contribution in [0.4, 0.5) is 5.69 Å². The summed E-state index contributed by atoms with van der Waals surface area (Å²) < 4.78 is 0. The highest BCUT2D eigenvalue weighted by atomic mass is 14.9. The maximum atomic E-state index is 4.35. The molecule has 0 aliphatic heterocycles. The number of rotatable bonds is 2. The van der Waals surface area contributed by atoms with Gasteiger partial charge in [0.25, 0.3) is 0 Å². The Balaban J connectivity index is 2.15. The summed E-state index contributed by atoms with van der Waals surface area (Å²) in [4.78, 5) is 11.9. The normalized spacial score (nSPS) is 12.2. The van der Waals surface area contributed by atoms with E-state index in [1.807, 2.05) is 36.5 Å². The van der Waals surface area contributed by atoms with Crippen LogP contribution in [0.25, 0.3) is 0 Å². The number of nitrogens with one attached hydrogen (secondary N) is 1. The first-order valence-corrected chi connectivity index (χ1v) is 5.70. The molecule has 17 heavy (non-hydrogen) atoms. The number of aromatic nitrogens is 2. The lowest BCUT2D eigenvalue weighted by atomic mass is 9.93.